The maximum Gasteiger partial charge on any atom is 0.214 e. The van der Waals surface area contributed by atoms with Gasteiger partial charge in [-0.15, -0.1) is 0 Å². The van der Waals surface area contributed by atoms with Crippen LogP contribution in [-0.2, 0) is 0 Å². The number of aliphatic hydroxyl groups excluding tert-OH is 1. The molecule has 1 aliphatic heterocycles. The first-order valence-corrected chi connectivity index (χ1v) is 6.79. The van der Waals surface area contributed by atoms with Crippen LogP contribution in [0.2, 0.25) is 0 Å². The van der Waals surface area contributed by atoms with Crippen molar-refractivity contribution in [2.75, 3.05) is 26.3 Å². The molecule has 2 heterocycles. The molecule has 0 saturated carbocycles. The average Bonchev–Trinajstić information content (AvgIpc) is 2.47. The average molecular weight is 260 g/mol. The minimum absolute atomic E-state index is 0.0822. The number of aliphatic hydroxyl groups is 1. The third-order valence-electron chi connectivity index (χ3n) is 3.10. The monoisotopic (exact) mass is 260 g/mol. The van der Waals surface area contributed by atoms with Crippen LogP contribution in [0.5, 0.6) is 5.88 Å². The summed E-state index contributed by atoms with van der Waals surface area (Å²) < 4.78 is 5.74. The molecule has 1 aliphatic rings. The molecule has 0 aromatic carbocycles. The number of pyridine rings is 1. The fraction of sp³-hybridized carbons (Fsp3) is 0.533. The van der Waals surface area contributed by atoms with Gasteiger partial charge in [-0.05, 0) is 43.8 Å². The first-order valence-electron chi connectivity index (χ1n) is 6.79. The number of nitrogens with one attached hydrogen (secondary N) is 1. The summed E-state index contributed by atoms with van der Waals surface area (Å²) in [6.45, 7) is 2.96. The van der Waals surface area contributed by atoms with Gasteiger partial charge in [-0.1, -0.05) is 12.0 Å². The summed E-state index contributed by atoms with van der Waals surface area (Å²) in [4.78, 5) is 4.34. The molecule has 0 amide bonds. The van der Waals surface area contributed by atoms with Crippen molar-refractivity contribution in [3.05, 3.63) is 23.9 Å². The van der Waals surface area contributed by atoms with Crippen LogP contribution >= 0.6 is 0 Å². The van der Waals surface area contributed by atoms with E-state index >= 15 is 0 Å². The molecule has 102 valence electrons. The molecule has 1 saturated heterocycles. The number of nitrogens with zero attached hydrogens (tertiary/aromatic N) is 1. The molecule has 4 heteroatoms. The Kier molecular flexibility index (Phi) is 5.67. The smallest absolute Gasteiger partial charge is 0.214 e. The normalized spacial score (nSPS) is 15.6. The van der Waals surface area contributed by atoms with Gasteiger partial charge in [-0.3, -0.25) is 0 Å². The Hall–Kier alpha value is -1.57. The number of aromatic nitrogens is 1. The highest BCUT2D eigenvalue weighted by Crippen LogP contribution is 2.14. The van der Waals surface area contributed by atoms with Gasteiger partial charge in [0, 0.05) is 12.5 Å². The molecule has 4 nitrogen and oxygen atoms in total. The molecular weight excluding hydrogens is 240 g/mol. The van der Waals surface area contributed by atoms with Crippen LogP contribution in [0.15, 0.2) is 18.2 Å². The minimum atomic E-state index is 0.0822. The number of ether oxygens (including phenoxy) is 1. The third kappa shape index (κ3) is 4.90. The van der Waals surface area contributed by atoms with Crippen molar-refractivity contribution in [2.45, 2.75) is 19.3 Å². The van der Waals surface area contributed by atoms with E-state index in [0.717, 1.165) is 32.5 Å². The van der Waals surface area contributed by atoms with Gasteiger partial charge in [0.2, 0.25) is 5.88 Å². The first kappa shape index (κ1) is 13.9. The molecule has 0 atom stereocenters. The van der Waals surface area contributed by atoms with E-state index in [2.05, 4.69) is 22.1 Å². The summed E-state index contributed by atoms with van der Waals surface area (Å²) in [7, 11) is 0. The molecule has 1 fully saturated rings. The molecule has 0 spiro atoms. The van der Waals surface area contributed by atoms with Crippen LogP contribution in [0.1, 0.15) is 25.0 Å². The van der Waals surface area contributed by atoms with Crippen molar-refractivity contribution in [2.24, 2.45) is 5.92 Å². The molecule has 0 aliphatic carbocycles. The second-order valence-corrected chi connectivity index (χ2v) is 4.64. The lowest BCUT2D eigenvalue weighted by Gasteiger charge is -2.22. The highest BCUT2D eigenvalue weighted by Gasteiger charge is 2.13. The Morgan fingerprint density at radius 3 is 3.00 bits per heavy atom. The SMILES string of the molecule is OCCC#Cc1cccc(OCC2CCNCC2)n1. The summed E-state index contributed by atoms with van der Waals surface area (Å²) in [5.74, 6) is 7.02. The quantitative estimate of drug-likeness (QED) is 0.799. The van der Waals surface area contributed by atoms with Gasteiger partial charge < -0.3 is 15.2 Å². The van der Waals surface area contributed by atoms with Crippen molar-refractivity contribution in [3.8, 4) is 17.7 Å². The number of piperidine rings is 1. The van der Waals surface area contributed by atoms with Crippen LogP contribution in [-0.4, -0.2) is 36.4 Å². The number of hydrogen-bond acceptors (Lipinski definition) is 4. The predicted molar refractivity (Wildman–Crippen MR) is 73.9 cm³/mol. The molecule has 0 bridgehead atoms. The van der Waals surface area contributed by atoms with E-state index in [4.69, 9.17) is 9.84 Å². The van der Waals surface area contributed by atoms with Crippen molar-refractivity contribution < 1.29 is 9.84 Å². The summed E-state index contributed by atoms with van der Waals surface area (Å²) in [5, 5.41) is 12.0. The second kappa shape index (κ2) is 7.78. The highest BCUT2D eigenvalue weighted by molar-refractivity contribution is 5.30. The fourth-order valence-corrected chi connectivity index (χ4v) is 2.03. The maximum absolute atomic E-state index is 8.67. The fourth-order valence-electron chi connectivity index (χ4n) is 2.03. The van der Waals surface area contributed by atoms with Crippen LogP contribution in [0.25, 0.3) is 0 Å². The van der Waals surface area contributed by atoms with Gasteiger partial charge in [0.1, 0.15) is 5.69 Å². The van der Waals surface area contributed by atoms with Crippen molar-refractivity contribution in [1.29, 1.82) is 0 Å². The van der Waals surface area contributed by atoms with E-state index in [9.17, 15) is 0 Å². The lowest BCUT2D eigenvalue weighted by atomic mass is 9.99. The second-order valence-electron chi connectivity index (χ2n) is 4.64. The molecule has 0 unspecified atom stereocenters. The van der Waals surface area contributed by atoms with Crippen molar-refractivity contribution in [1.82, 2.24) is 10.3 Å². The lowest BCUT2D eigenvalue weighted by Crippen LogP contribution is -2.30. The van der Waals surface area contributed by atoms with Gasteiger partial charge >= 0.3 is 0 Å². The Labute approximate surface area is 114 Å². The van der Waals surface area contributed by atoms with E-state index in [0.29, 0.717) is 23.9 Å². The van der Waals surface area contributed by atoms with Gasteiger partial charge in [0.05, 0.1) is 13.2 Å². The topological polar surface area (TPSA) is 54.4 Å². The van der Waals surface area contributed by atoms with Crippen molar-refractivity contribution in [3.63, 3.8) is 0 Å². The maximum atomic E-state index is 8.67. The van der Waals surface area contributed by atoms with Crippen LogP contribution in [0.4, 0.5) is 0 Å². The largest absolute Gasteiger partial charge is 0.477 e. The molecule has 2 N–H and O–H groups in total. The number of rotatable bonds is 4. The van der Waals surface area contributed by atoms with Crippen LogP contribution in [0.3, 0.4) is 0 Å². The molecule has 19 heavy (non-hydrogen) atoms. The lowest BCUT2D eigenvalue weighted by molar-refractivity contribution is 0.209. The molecule has 2 rings (SSSR count). The Morgan fingerprint density at radius 1 is 1.37 bits per heavy atom. The molecular formula is C15H20N2O2. The third-order valence-corrected chi connectivity index (χ3v) is 3.10. The zero-order valence-electron chi connectivity index (χ0n) is 11.1. The van der Waals surface area contributed by atoms with Gasteiger partial charge in [-0.25, -0.2) is 4.98 Å². The van der Waals surface area contributed by atoms with E-state index in [1.54, 1.807) is 0 Å². The van der Waals surface area contributed by atoms with Crippen LogP contribution in [0, 0.1) is 17.8 Å². The van der Waals surface area contributed by atoms with Gasteiger partial charge in [-0.2, -0.15) is 0 Å². The van der Waals surface area contributed by atoms with E-state index in [1.807, 2.05) is 18.2 Å². The minimum Gasteiger partial charge on any atom is -0.477 e. The Balaban J connectivity index is 1.86. The summed E-state index contributed by atoms with van der Waals surface area (Å²) >= 11 is 0. The summed E-state index contributed by atoms with van der Waals surface area (Å²) in [5.41, 5.74) is 0.691. The van der Waals surface area contributed by atoms with Gasteiger partial charge in [0.25, 0.3) is 0 Å². The molecule has 1 aromatic rings. The molecule has 0 radical (unpaired) electrons. The van der Waals surface area contributed by atoms with E-state index in [-0.39, 0.29) is 6.61 Å². The van der Waals surface area contributed by atoms with Gasteiger partial charge in [0.15, 0.2) is 0 Å². The first-order chi connectivity index (χ1) is 9.38. The Bertz CT molecular complexity index is 445. The summed E-state index contributed by atoms with van der Waals surface area (Å²) in [6, 6.07) is 5.60. The highest BCUT2D eigenvalue weighted by atomic mass is 16.5. The zero-order chi connectivity index (χ0) is 13.3. The van der Waals surface area contributed by atoms with Crippen molar-refractivity contribution >= 4 is 0 Å². The molecule has 1 aromatic heterocycles. The van der Waals surface area contributed by atoms with E-state index < -0.39 is 0 Å². The number of hydrogen-bond donors (Lipinski definition) is 2. The predicted octanol–water partition coefficient (Wildman–Crippen LogP) is 1.19. The zero-order valence-corrected chi connectivity index (χ0v) is 11.1. The van der Waals surface area contributed by atoms with E-state index in [1.165, 1.54) is 0 Å². The Morgan fingerprint density at radius 2 is 2.21 bits per heavy atom. The van der Waals surface area contributed by atoms with Crippen LogP contribution < -0.4 is 10.1 Å². The summed E-state index contributed by atoms with van der Waals surface area (Å²) in [6.07, 6.45) is 2.80. The standard InChI is InChI=1S/C15H20N2O2/c18-11-2-1-4-14-5-3-6-15(17-14)19-12-13-7-9-16-10-8-13/h3,5-6,13,16,18H,2,7-12H2.